The molecule has 2 nitrogen and oxygen atoms in total. The fraction of sp³-hybridized carbons (Fsp3) is 0.400. The second-order valence-electron chi connectivity index (χ2n) is 4.89. The van der Waals surface area contributed by atoms with Crippen molar-refractivity contribution in [3.05, 3.63) is 46.4 Å². The number of thioether (sulfide) groups is 1. The normalized spacial score (nSPS) is 11.1. The average molecular weight is 292 g/mol. The first-order chi connectivity index (χ1) is 9.24. The maximum absolute atomic E-state index is 4.31. The third-order valence-electron chi connectivity index (χ3n) is 2.63. The Bertz CT molecular complexity index is 481. The monoisotopic (exact) mass is 292 g/mol. The van der Waals surface area contributed by atoms with Crippen molar-refractivity contribution in [3.63, 3.8) is 0 Å². The van der Waals surface area contributed by atoms with E-state index in [9.17, 15) is 0 Å². The Morgan fingerprint density at radius 1 is 1.37 bits per heavy atom. The lowest BCUT2D eigenvalue weighted by Crippen LogP contribution is -2.18. The Morgan fingerprint density at radius 2 is 2.26 bits per heavy atom. The van der Waals surface area contributed by atoms with E-state index in [1.165, 1.54) is 15.5 Å². The van der Waals surface area contributed by atoms with Crippen LogP contribution in [0.2, 0.25) is 0 Å². The van der Waals surface area contributed by atoms with E-state index >= 15 is 0 Å². The van der Waals surface area contributed by atoms with Crippen molar-refractivity contribution in [2.75, 3.05) is 6.54 Å². The molecule has 102 valence electrons. The third kappa shape index (κ3) is 5.35. The molecule has 0 radical (unpaired) electrons. The number of nitrogens with zero attached hydrogens (tertiary/aromatic N) is 1. The van der Waals surface area contributed by atoms with Gasteiger partial charge in [0.15, 0.2) is 0 Å². The molecule has 4 heteroatoms. The van der Waals surface area contributed by atoms with Crippen molar-refractivity contribution in [3.8, 4) is 0 Å². The summed E-state index contributed by atoms with van der Waals surface area (Å²) in [6.07, 6.45) is 1.87. The fourth-order valence-corrected chi connectivity index (χ4v) is 3.34. The minimum Gasteiger partial charge on any atom is -0.312 e. The summed E-state index contributed by atoms with van der Waals surface area (Å²) in [7, 11) is 0. The molecule has 0 amide bonds. The number of rotatable bonds is 7. The molecule has 2 rings (SSSR count). The van der Waals surface area contributed by atoms with Gasteiger partial charge in [0.05, 0.1) is 5.75 Å². The first-order valence-corrected chi connectivity index (χ1v) is 8.41. The second-order valence-corrected chi connectivity index (χ2v) is 6.91. The minimum absolute atomic E-state index is 0.697. The van der Waals surface area contributed by atoms with Gasteiger partial charge in [-0.15, -0.1) is 23.1 Å². The molecule has 0 aliphatic heterocycles. The lowest BCUT2D eigenvalue weighted by Gasteiger charge is -2.08. The second kappa shape index (κ2) is 7.68. The summed E-state index contributed by atoms with van der Waals surface area (Å²) in [6.45, 7) is 6.47. The molecule has 1 heterocycles. The largest absolute Gasteiger partial charge is 0.312 e. The Balaban J connectivity index is 1.84. The first-order valence-electron chi connectivity index (χ1n) is 6.55. The van der Waals surface area contributed by atoms with Gasteiger partial charge in [-0.3, -0.25) is 0 Å². The van der Waals surface area contributed by atoms with Crippen LogP contribution >= 0.6 is 23.1 Å². The maximum atomic E-state index is 4.31. The van der Waals surface area contributed by atoms with Gasteiger partial charge in [-0.05, 0) is 30.2 Å². The van der Waals surface area contributed by atoms with Crippen molar-refractivity contribution in [2.45, 2.75) is 31.0 Å². The highest BCUT2D eigenvalue weighted by atomic mass is 32.2. The van der Waals surface area contributed by atoms with E-state index in [-0.39, 0.29) is 0 Å². The zero-order valence-corrected chi connectivity index (χ0v) is 13.1. The van der Waals surface area contributed by atoms with Crippen LogP contribution < -0.4 is 5.32 Å². The Morgan fingerprint density at radius 3 is 3.00 bits per heavy atom. The van der Waals surface area contributed by atoms with E-state index in [2.05, 4.69) is 48.4 Å². The van der Waals surface area contributed by atoms with Crippen LogP contribution in [0.5, 0.6) is 0 Å². The van der Waals surface area contributed by atoms with Crippen LogP contribution in [-0.4, -0.2) is 11.5 Å². The lowest BCUT2D eigenvalue weighted by atomic mass is 10.2. The first kappa shape index (κ1) is 14.6. The lowest BCUT2D eigenvalue weighted by molar-refractivity contribution is 0.552. The summed E-state index contributed by atoms with van der Waals surface area (Å²) >= 11 is 3.57. The predicted octanol–water partition coefficient (Wildman–Crippen LogP) is 4.18. The van der Waals surface area contributed by atoms with Gasteiger partial charge < -0.3 is 5.32 Å². The van der Waals surface area contributed by atoms with Crippen molar-refractivity contribution < 1.29 is 0 Å². The Kier molecular flexibility index (Phi) is 5.89. The summed E-state index contributed by atoms with van der Waals surface area (Å²) < 4.78 is 0. The third-order valence-corrected chi connectivity index (χ3v) is 4.59. The van der Waals surface area contributed by atoms with Crippen molar-refractivity contribution >= 4 is 23.1 Å². The molecule has 0 bridgehead atoms. The van der Waals surface area contributed by atoms with E-state index < -0.39 is 0 Å². The van der Waals surface area contributed by atoms with E-state index in [0.717, 1.165) is 18.8 Å². The average Bonchev–Trinajstić information content (AvgIpc) is 2.89. The van der Waals surface area contributed by atoms with Crippen LogP contribution in [0, 0.1) is 5.92 Å². The highest BCUT2D eigenvalue weighted by Gasteiger charge is 2.00. The fourth-order valence-electron chi connectivity index (χ4n) is 1.72. The van der Waals surface area contributed by atoms with Crippen molar-refractivity contribution in [1.82, 2.24) is 10.3 Å². The highest BCUT2D eigenvalue weighted by Crippen LogP contribution is 2.24. The van der Waals surface area contributed by atoms with Crippen molar-refractivity contribution in [1.29, 1.82) is 0 Å². The summed E-state index contributed by atoms with van der Waals surface area (Å²) in [6, 6.07) is 8.76. The van der Waals surface area contributed by atoms with E-state index in [1.807, 2.05) is 23.3 Å². The summed E-state index contributed by atoms with van der Waals surface area (Å²) in [5, 5.41) is 6.70. The summed E-state index contributed by atoms with van der Waals surface area (Å²) in [5.41, 5.74) is 1.35. The van der Waals surface area contributed by atoms with Gasteiger partial charge in [-0.25, -0.2) is 4.98 Å². The minimum atomic E-state index is 0.697. The van der Waals surface area contributed by atoms with Gasteiger partial charge in [0, 0.05) is 23.0 Å². The van der Waals surface area contributed by atoms with Crippen LogP contribution in [0.15, 0.2) is 40.7 Å². The van der Waals surface area contributed by atoms with E-state index in [4.69, 9.17) is 0 Å². The number of hydrogen-bond donors (Lipinski definition) is 1. The van der Waals surface area contributed by atoms with Crippen LogP contribution in [0.3, 0.4) is 0 Å². The number of hydrogen-bond acceptors (Lipinski definition) is 4. The van der Waals surface area contributed by atoms with Gasteiger partial charge in [0.25, 0.3) is 0 Å². The molecule has 0 unspecified atom stereocenters. The SMILES string of the molecule is CC(C)CNCc1cccc(SCc2nccs2)c1. The zero-order valence-electron chi connectivity index (χ0n) is 11.4. The molecule has 1 N–H and O–H groups in total. The van der Waals surface area contributed by atoms with E-state index in [0.29, 0.717) is 5.92 Å². The molecule has 1 aromatic heterocycles. The zero-order chi connectivity index (χ0) is 13.5. The number of benzene rings is 1. The Hall–Kier alpha value is -0.840. The predicted molar refractivity (Wildman–Crippen MR) is 84.7 cm³/mol. The molecule has 0 spiro atoms. The molecule has 0 saturated heterocycles. The topological polar surface area (TPSA) is 24.9 Å². The molecule has 0 aliphatic carbocycles. The smallest absolute Gasteiger partial charge is 0.103 e. The van der Waals surface area contributed by atoms with Gasteiger partial charge in [0.1, 0.15) is 5.01 Å². The number of thiazole rings is 1. The van der Waals surface area contributed by atoms with E-state index in [1.54, 1.807) is 11.3 Å². The van der Waals surface area contributed by atoms with Gasteiger partial charge in [0.2, 0.25) is 0 Å². The van der Waals surface area contributed by atoms with Gasteiger partial charge >= 0.3 is 0 Å². The van der Waals surface area contributed by atoms with Crippen LogP contribution in [-0.2, 0) is 12.3 Å². The molecule has 19 heavy (non-hydrogen) atoms. The number of nitrogens with one attached hydrogen (secondary N) is 1. The van der Waals surface area contributed by atoms with Crippen LogP contribution in [0.1, 0.15) is 24.4 Å². The molecule has 1 aromatic carbocycles. The van der Waals surface area contributed by atoms with Crippen LogP contribution in [0.4, 0.5) is 0 Å². The molecular weight excluding hydrogens is 272 g/mol. The maximum Gasteiger partial charge on any atom is 0.103 e. The van der Waals surface area contributed by atoms with Crippen LogP contribution in [0.25, 0.3) is 0 Å². The molecule has 0 fully saturated rings. The quantitative estimate of drug-likeness (QED) is 0.775. The molecule has 0 aliphatic rings. The molecule has 2 aromatic rings. The Labute approximate surface area is 123 Å². The summed E-state index contributed by atoms with van der Waals surface area (Å²) in [4.78, 5) is 5.63. The van der Waals surface area contributed by atoms with Gasteiger partial charge in [-0.2, -0.15) is 0 Å². The molecular formula is C15H20N2S2. The van der Waals surface area contributed by atoms with Gasteiger partial charge in [-0.1, -0.05) is 26.0 Å². The summed E-state index contributed by atoms with van der Waals surface area (Å²) in [5.74, 6) is 1.66. The number of aromatic nitrogens is 1. The molecule has 0 atom stereocenters. The standard InChI is InChI=1S/C15H20N2S2/c1-12(2)9-16-10-13-4-3-5-14(8-13)19-11-15-17-6-7-18-15/h3-8,12,16H,9-11H2,1-2H3. The molecule has 0 saturated carbocycles. The van der Waals surface area contributed by atoms with Crippen molar-refractivity contribution in [2.24, 2.45) is 5.92 Å². The highest BCUT2D eigenvalue weighted by molar-refractivity contribution is 7.98.